The molecule has 3 aromatic heterocycles. The van der Waals surface area contributed by atoms with Crippen LogP contribution in [0.15, 0.2) is 66.4 Å². The van der Waals surface area contributed by atoms with Gasteiger partial charge in [0.05, 0.1) is 12.8 Å². The van der Waals surface area contributed by atoms with E-state index >= 15 is 0 Å². The summed E-state index contributed by atoms with van der Waals surface area (Å²) in [5.74, 6) is -0.819. The summed E-state index contributed by atoms with van der Waals surface area (Å²) in [6.45, 7) is 0.849. The number of aromatic nitrogens is 3. The molecule has 1 saturated heterocycles. The SMILES string of the molecule is COC(=O)c1cc2cc(NC(=O)c3cc4cc(NC(=O)c5cc6c([nH]5)C(=O)C=C5NC[C@H]7C[C@]567)ccc4[nH]3)ccc2[nH]1. The molecule has 6 N–H and O–H groups in total. The van der Waals surface area contributed by atoms with Crippen molar-refractivity contribution in [3.8, 4) is 0 Å². The summed E-state index contributed by atoms with van der Waals surface area (Å²) in [4.78, 5) is 59.8. The Kier molecular flexibility index (Phi) is 4.88. The van der Waals surface area contributed by atoms with Gasteiger partial charge in [0.2, 0.25) is 5.78 Å². The fourth-order valence-electron chi connectivity index (χ4n) is 6.44. The Morgan fingerprint density at radius 2 is 1.45 bits per heavy atom. The van der Waals surface area contributed by atoms with Crippen LogP contribution in [0.4, 0.5) is 11.4 Å². The first kappa shape index (κ1) is 24.2. The highest BCUT2D eigenvalue weighted by Gasteiger charge is 2.64. The molecule has 0 unspecified atom stereocenters. The van der Waals surface area contributed by atoms with Crippen molar-refractivity contribution in [2.75, 3.05) is 24.3 Å². The van der Waals surface area contributed by atoms with Crippen molar-refractivity contribution in [2.45, 2.75) is 11.8 Å². The highest BCUT2D eigenvalue weighted by molar-refractivity contribution is 6.11. The van der Waals surface area contributed by atoms with Crippen LogP contribution < -0.4 is 16.0 Å². The largest absolute Gasteiger partial charge is 0.464 e. The average molecular weight is 561 g/mol. The first-order valence-corrected chi connectivity index (χ1v) is 13.5. The number of esters is 1. The van der Waals surface area contributed by atoms with Gasteiger partial charge >= 0.3 is 5.97 Å². The number of ketones is 1. The molecular formula is C31H24N6O5. The fourth-order valence-corrected chi connectivity index (χ4v) is 6.44. The molecule has 11 heteroatoms. The minimum Gasteiger partial charge on any atom is -0.464 e. The van der Waals surface area contributed by atoms with E-state index in [1.807, 2.05) is 0 Å². The van der Waals surface area contributed by atoms with Gasteiger partial charge in [-0.1, -0.05) is 0 Å². The zero-order valence-corrected chi connectivity index (χ0v) is 22.3. The Morgan fingerprint density at radius 3 is 2.10 bits per heavy atom. The summed E-state index contributed by atoms with van der Waals surface area (Å²) in [5.41, 5.74) is 5.81. The van der Waals surface area contributed by atoms with E-state index in [2.05, 4.69) is 30.9 Å². The van der Waals surface area contributed by atoms with Crippen molar-refractivity contribution in [3.05, 3.63) is 94.7 Å². The molecule has 1 spiro atoms. The molecule has 208 valence electrons. The lowest BCUT2D eigenvalue weighted by atomic mass is 9.86. The van der Waals surface area contributed by atoms with E-state index in [0.29, 0.717) is 40.1 Å². The van der Waals surface area contributed by atoms with Gasteiger partial charge in [0, 0.05) is 56.9 Å². The molecule has 2 atom stereocenters. The molecular weight excluding hydrogens is 536 g/mol. The number of anilines is 2. The third-order valence-corrected chi connectivity index (χ3v) is 8.60. The molecule has 1 saturated carbocycles. The molecule has 2 aromatic carbocycles. The number of H-pyrrole nitrogens is 3. The maximum Gasteiger partial charge on any atom is 0.354 e. The summed E-state index contributed by atoms with van der Waals surface area (Å²) in [7, 11) is 1.31. The molecule has 1 aliphatic heterocycles. The molecule has 8 rings (SSSR count). The highest BCUT2D eigenvalue weighted by Crippen LogP contribution is 2.63. The van der Waals surface area contributed by atoms with Crippen LogP contribution in [-0.2, 0) is 10.2 Å². The van der Waals surface area contributed by atoms with Gasteiger partial charge in [-0.3, -0.25) is 14.4 Å². The van der Waals surface area contributed by atoms with Gasteiger partial charge in [-0.05, 0) is 72.5 Å². The van der Waals surface area contributed by atoms with Crippen LogP contribution in [0.2, 0.25) is 0 Å². The number of ether oxygens (including phenoxy) is 1. The fraction of sp³-hybridized carbons (Fsp3) is 0.161. The average Bonchev–Trinajstić information content (AvgIpc) is 3.47. The molecule has 2 amide bonds. The van der Waals surface area contributed by atoms with Gasteiger partial charge in [-0.15, -0.1) is 0 Å². The molecule has 2 fully saturated rings. The lowest BCUT2D eigenvalue weighted by molar-refractivity contribution is 0.0594. The van der Waals surface area contributed by atoms with E-state index in [1.165, 1.54) is 7.11 Å². The molecule has 0 radical (unpaired) electrons. The molecule has 42 heavy (non-hydrogen) atoms. The van der Waals surface area contributed by atoms with Gasteiger partial charge in [-0.25, -0.2) is 4.79 Å². The number of amides is 2. The van der Waals surface area contributed by atoms with Crippen LogP contribution >= 0.6 is 0 Å². The number of hydrogen-bond acceptors (Lipinski definition) is 6. The van der Waals surface area contributed by atoms with Gasteiger partial charge < -0.3 is 35.6 Å². The van der Waals surface area contributed by atoms with Crippen LogP contribution in [0.25, 0.3) is 21.8 Å². The number of nitrogens with one attached hydrogen (secondary N) is 6. The summed E-state index contributed by atoms with van der Waals surface area (Å²) >= 11 is 0. The molecule has 11 nitrogen and oxygen atoms in total. The van der Waals surface area contributed by atoms with Crippen molar-refractivity contribution in [1.82, 2.24) is 20.3 Å². The minimum absolute atomic E-state index is 0.122. The standard InChI is InChI=1S/C31H24N6O5/c1-42-30(41)24-9-15-7-18(3-5-21(15)36-24)33-28(39)22-8-14-6-17(2-4-20(14)35-22)34-29(40)23-10-19-27(37-23)25(38)11-26-31(19)12-16(31)13-32-26/h2-11,16,32,35-37H,12-13H2,1H3,(H,33,39)(H,34,40)/t16-,31-/m1/s1. The van der Waals surface area contributed by atoms with Crippen LogP contribution in [0, 0.1) is 5.92 Å². The Balaban J connectivity index is 0.994. The predicted octanol–water partition coefficient (Wildman–Crippen LogP) is 4.21. The number of fused-ring (bicyclic) bond motifs is 3. The smallest absolute Gasteiger partial charge is 0.354 e. The quantitative estimate of drug-likeness (QED) is 0.177. The van der Waals surface area contributed by atoms with Crippen molar-refractivity contribution in [3.63, 3.8) is 0 Å². The third-order valence-electron chi connectivity index (χ3n) is 8.60. The van der Waals surface area contributed by atoms with Crippen LogP contribution in [0.5, 0.6) is 0 Å². The van der Waals surface area contributed by atoms with E-state index in [0.717, 1.165) is 46.0 Å². The number of carbonyl (C=O) groups is 4. The maximum atomic E-state index is 13.2. The lowest BCUT2D eigenvalue weighted by Crippen LogP contribution is -2.24. The number of piperidine rings is 1. The lowest BCUT2D eigenvalue weighted by Gasteiger charge is -2.20. The monoisotopic (exact) mass is 560 g/mol. The van der Waals surface area contributed by atoms with Crippen LogP contribution in [0.3, 0.4) is 0 Å². The number of aromatic amines is 3. The summed E-state index contributed by atoms with van der Waals surface area (Å²) in [6.07, 6.45) is 2.64. The van der Waals surface area contributed by atoms with E-state index in [9.17, 15) is 19.2 Å². The molecule has 5 aromatic rings. The van der Waals surface area contributed by atoms with Crippen LogP contribution in [0.1, 0.15) is 53.9 Å². The van der Waals surface area contributed by atoms with Gasteiger partial charge in [0.1, 0.15) is 17.1 Å². The van der Waals surface area contributed by atoms with E-state index in [1.54, 1.807) is 60.7 Å². The summed E-state index contributed by atoms with van der Waals surface area (Å²) in [5, 5.41) is 10.6. The number of rotatable bonds is 5. The van der Waals surface area contributed by atoms with Crippen molar-refractivity contribution in [1.29, 1.82) is 0 Å². The Hall–Kier alpha value is -5.58. The second-order valence-corrected chi connectivity index (χ2v) is 11.0. The van der Waals surface area contributed by atoms with E-state index in [4.69, 9.17) is 4.74 Å². The van der Waals surface area contributed by atoms with Gasteiger partial charge in [-0.2, -0.15) is 0 Å². The minimum atomic E-state index is -0.471. The van der Waals surface area contributed by atoms with Crippen molar-refractivity contribution < 1.29 is 23.9 Å². The highest BCUT2D eigenvalue weighted by atomic mass is 16.5. The number of methoxy groups -OCH3 is 1. The van der Waals surface area contributed by atoms with Crippen molar-refractivity contribution in [2.24, 2.45) is 5.92 Å². The Morgan fingerprint density at radius 1 is 0.833 bits per heavy atom. The first-order valence-electron chi connectivity index (χ1n) is 13.5. The summed E-state index contributed by atoms with van der Waals surface area (Å²) < 4.78 is 4.75. The molecule has 2 aliphatic carbocycles. The molecule has 0 bridgehead atoms. The Bertz CT molecular complexity index is 2060. The second-order valence-electron chi connectivity index (χ2n) is 11.0. The van der Waals surface area contributed by atoms with Gasteiger partial charge in [0.15, 0.2) is 0 Å². The molecule has 3 aliphatic rings. The van der Waals surface area contributed by atoms with Crippen LogP contribution in [-0.4, -0.2) is 52.2 Å². The zero-order chi connectivity index (χ0) is 28.7. The van der Waals surface area contributed by atoms with Gasteiger partial charge in [0.25, 0.3) is 11.8 Å². The second kappa shape index (κ2) is 8.46. The van der Waals surface area contributed by atoms with Crippen molar-refractivity contribution >= 4 is 56.7 Å². The zero-order valence-electron chi connectivity index (χ0n) is 22.3. The maximum absolute atomic E-state index is 13.2. The van der Waals surface area contributed by atoms with E-state index < -0.39 is 5.97 Å². The number of hydrogen-bond donors (Lipinski definition) is 6. The normalized spacial score (nSPS) is 19.9. The Labute approximate surface area is 237 Å². The predicted molar refractivity (Wildman–Crippen MR) is 155 cm³/mol. The van der Waals surface area contributed by atoms with E-state index in [-0.39, 0.29) is 23.0 Å². The summed E-state index contributed by atoms with van der Waals surface area (Å²) in [6, 6.07) is 15.8. The first-order chi connectivity index (χ1) is 20.3. The number of benzene rings is 2. The third kappa shape index (κ3) is 3.53. The molecule has 4 heterocycles. The number of carbonyl (C=O) groups excluding carboxylic acids is 4. The number of allylic oxidation sites excluding steroid dienone is 2. The topological polar surface area (TPSA) is 161 Å².